The van der Waals surface area contributed by atoms with Crippen molar-refractivity contribution in [3.63, 3.8) is 0 Å². The Hall–Kier alpha value is -0.930. The van der Waals surface area contributed by atoms with Crippen LogP contribution in [0.25, 0.3) is 21.0 Å². The van der Waals surface area contributed by atoms with Crippen LogP contribution in [0.3, 0.4) is 0 Å². The first-order chi connectivity index (χ1) is 5.95. The van der Waals surface area contributed by atoms with Crippen molar-refractivity contribution in [2.75, 3.05) is 0 Å². The van der Waals surface area contributed by atoms with Gasteiger partial charge in [0, 0.05) is 10.8 Å². The van der Waals surface area contributed by atoms with Gasteiger partial charge in [0.05, 0.1) is 15.7 Å². The highest BCUT2D eigenvalue weighted by atomic mass is 32.1. The lowest BCUT2D eigenvalue weighted by molar-refractivity contribution is 1.52. The molecule has 0 saturated carbocycles. The number of thiophene rings is 1. The molecule has 0 N–H and O–H groups in total. The fourth-order valence-electron chi connectivity index (χ4n) is 1.37. The average molecular weight is 191 g/mol. The Kier molecular flexibility index (Phi) is 1.25. The third kappa shape index (κ3) is 0.750. The third-order valence-electron chi connectivity index (χ3n) is 1.96. The molecule has 2 aromatic heterocycles. The van der Waals surface area contributed by atoms with Crippen LogP contribution in [0, 0.1) is 0 Å². The van der Waals surface area contributed by atoms with Crippen LogP contribution in [0.1, 0.15) is 0 Å². The quantitative estimate of drug-likeness (QED) is 0.530. The predicted octanol–water partition coefficient (Wildman–Crippen LogP) is 3.51. The lowest BCUT2D eigenvalue weighted by Gasteiger charge is -1.89. The van der Waals surface area contributed by atoms with Gasteiger partial charge in [-0.05, 0) is 16.8 Å². The summed E-state index contributed by atoms with van der Waals surface area (Å²) in [5.74, 6) is 0. The van der Waals surface area contributed by atoms with E-state index in [1.54, 1.807) is 22.7 Å². The molecule has 0 saturated heterocycles. The molecule has 1 aromatic carbocycles. The first-order valence-electron chi connectivity index (χ1n) is 3.63. The summed E-state index contributed by atoms with van der Waals surface area (Å²) in [6.45, 7) is 0. The number of rotatable bonds is 0. The molecule has 0 aliphatic heterocycles. The number of thiazole rings is 1. The average Bonchev–Trinajstić information content (AvgIpc) is 2.71. The zero-order valence-corrected chi connectivity index (χ0v) is 7.78. The maximum atomic E-state index is 4.34. The van der Waals surface area contributed by atoms with Gasteiger partial charge in [0.1, 0.15) is 0 Å². The Labute approximate surface area is 77.3 Å². The largest absolute Gasteiger partial charge is 0.244 e. The second-order valence-electron chi connectivity index (χ2n) is 2.64. The Bertz CT molecular complexity index is 486. The van der Waals surface area contributed by atoms with Crippen LogP contribution in [0.5, 0.6) is 0 Å². The van der Waals surface area contributed by atoms with E-state index in [0.29, 0.717) is 0 Å². The molecule has 3 rings (SSSR count). The zero-order chi connectivity index (χ0) is 7.97. The Morgan fingerprint density at radius 3 is 3.17 bits per heavy atom. The van der Waals surface area contributed by atoms with Crippen LogP contribution in [0.15, 0.2) is 28.4 Å². The van der Waals surface area contributed by atoms with Gasteiger partial charge in [-0.2, -0.15) is 11.3 Å². The molecule has 0 spiro atoms. The molecule has 3 aromatic rings. The predicted molar refractivity (Wildman–Crippen MR) is 55.0 cm³/mol. The van der Waals surface area contributed by atoms with Crippen molar-refractivity contribution >= 4 is 43.7 Å². The SMILES string of the molecule is c1nc2c(ccc3cscc32)s1. The van der Waals surface area contributed by atoms with E-state index in [2.05, 4.69) is 27.9 Å². The van der Waals surface area contributed by atoms with Crippen LogP contribution < -0.4 is 0 Å². The van der Waals surface area contributed by atoms with Crippen molar-refractivity contribution < 1.29 is 0 Å². The highest BCUT2D eigenvalue weighted by Crippen LogP contribution is 2.28. The highest BCUT2D eigenvalue weighted by molar-refractivity contribution is 7.17. The molecule has 2 heterocycles. The van der Waals surface area contributed by atoms with E-state index in [4.69, 9.17) is 0 Å². The minimum absolute atomic E-state index is 1.15. The van der Waals surface area contributed by atoms with Crippen molar-refractivity contribution in [1.82, 2.24) is 4.98 Å². The molecule has 0 radical (unpaired) electrons. The van der Waals surface area contributed by atoms with Gasteiger partial charge in [0.25, 0.3) is 0 Å². The van der Waals surface area contributed by atoms with Gasteiger partial charge in [-0.1, -0.05) is 6.07 Å². The Morgan fingerprint density at radius 2 is 2.17 bits per heavy atom. The molecule has 58 valence electrons. The molecule has 0 unspecified atom stereocenters. The Morgan fingerprint density at radius 1 is 1.17 bits per heavy atom. The molecule has 0 amide bonds. The van der Waals surface area contributed by atoms with E-state index in [0.717, 1.165) is 5.52 Å². The van der Waals surface area contributed by atoms with Gasteiger partial charge >= 0.3 is 0 Å². The maximum Gasteiger partial charge on any atom is 0.0898 e. The summed E-state index contributed by atoms with van der Waals surface area (Å²) in [4.78, 5) is 4.34. The van der Waals surface area contributed by atoms with Crippen LogP contribution >= 0.6 is 22.7 Å². The third-order valence-corrected chi connectivity index (χ3v) is 3.51. The van der Waals surface area contributed by atoms with Gasteiger partial charge in [-0.25, -0.2) is 4.98 Å². The van der Waals surface area contributed by atoms with Crippen molar-refractivity contribution in [3.05, 3.63) is 28.4 Å². The van der Waals surface area contributed by atoms with E-state index in [1.165, 1.54) is 15.5 Å². The molecule has 1 nitrogen and oxygen atoms in total. The van der Waals surface area contributed by atoms with Gasteiger partial charge < -0.3 is 0 Å². The normalized spacial score (nSPS) is 11.3. The minimum Gasteiger partial charge on any atom is -0.244 e. The maximum absolute atomic E-state index is 4.34. The number of hydrogen-bond acceptors (Lipinski definition) is 3. The van der Waals surface area contributed by atoms with Gasteiger partial charge in [-0.15, -0.1) is 11.3 Å². The second kappa shape index (κ2) is 2.28. The van der Waals surface area contributed by atoms with Gasteiger partial charge in [0.15, 0.2) is 0 Å². The molecule has 0 fully saturated rings. The number of nitrogens with zero attached hydrogens (tertiary/aromatic N) is 1. The van der Waals surface area contributed by atoms with Crippen molar-refractivity contribution in [3.8, 4) is 0 Å². The molecular weight excluding hydrogens is 186 g/mol. The van der Waals surface area contributed by atoms with E-state index < -0.39 is 0 Å². The van der Waals surface area contributed by atoms with E-state index in [9.17, 15) is 0 Å². The summed E-state index contributed by atoms with van der Waals surface area (Å²) >= 11 is 3.43. The summed E-state index contributed by atoms with van der Waals surface area (Å²) in [5.41, 5.74) is 3.06. The topological polar surface area (TPSA) is 12.9 Å². The summed E-state index contributed by atoms with van der Waals surface area (Å²) in [7, 11) is 0. The van der Waals surface area contributed by atoms with Crippen LogP contribution in [0.2, 0.25) is 0 Å². The van der Waals surface area contributed by atoms with Crippen molar-refractivity contribution in [2.24, 2.45) is 0 Å². The van der Waals surface area contributed by atoms with E-state index >= 15 is 0 Å². The zero-order valence-electron chi connectivity index (χ0n) is 6.15. The Balaban J connectivity index is 2.71. The summed E-state index contributed by atoms with van der Waals surface area (Å²) < 4.78 is 1.28. The lowest BCUT2D eigenvalue weighted by atomic mass is 10.2. The van der Waals surface area contributed by atoms with Crippen LogP contribution in [-0.4, -0.2) is 4.98 Å². The molecule has 12 heavy (non-hydrogen) atoms. The number of hydrogen-bond donors (Lipinski definition) is 0. The highest BCUT2D eigenvalue weighted by Gasteiger charge is 2.02. The first-order valence-corrected chi connectivity index (χ1v) is 5.45. The van der Waals surface area contributed by atoms with Gasteiger partial charge in [0.2, 0.25) is 0 Å². The molecule has 0 atom stereocenters. The fraction of sp³-hybridized carbons (Fsp3) is 0. The van der Waals surface area contributed by atoms with Crippen molar-refractivity contribution in [2.45, 2.75) is 0 Å². The minimum atomic E-state index is 1.15. The summed E-state index contributed by atoms with van der Waals surface area (Å²) in [6.07, 6.45) is 0. The summed E-state index contributed by atoms with van der Waals surface area (Å²) in [6, 6.07) is 4.30. The number of aromatic nitrogens is 1. The smallest absolute Gasteiger partial charge is 0.0898 e. The molecule has 0 aliphatic rings. The fourth-order valence-corrected chi connectivity index (χ4v) is 2.87. The molecular formula is C9H5NS2. The standard InChI is InChI=1S/C9H5NS2/c1-2-8-9(10-5-12-8)7-4-11-3-6(1)7/h1-5H. The molecule has 0 aliphatic carbocycles. The van der Waals surface area contributed by atoms with Gasteiger partial charge in [-0.3, -0.25) is 0 Å². The second-order valence-corrected chi connectivity index (χ2v) is 4.27. The van der Waals surface area contributed by atoms with Crippen LogP contribution in [-0.2, 0) is 0 Å². The lowest BCUT2D eigenvalue weighted by Crippen LogP contribution is -1.67. The van der Waals surface area contributed by atoms with E-state index in [-0.39, 0.29) is 0 Å². The summed E-state index contributed by atoms with van der Waals surface area (Å²) in [5, 5.41) is 6.92. The number of benzene rings is 1. The number of fused-ring (bicyclic) bond motifs is 3. The molecule has 0 bridgehead atoms. The van der Waals surface area contributed by atoms with Crippen LogP contribution in [0.4, 0.5) is 0 Å². The monoisotopic (exact) mass is 191 g/mol. The molecule has 3 heteroatoms. The van der Waals surface area contributed by atoms with E-state index in [1.807, 2.05) is 5.51 Å². The van der Waals surface area contributed by atoms with Crippen molar-refractivity contribution in [1.29, 1.82) is 0 Å². The first kappa shape index (κ1) is 6.57.